The molecule has 0 fully saturated rings. The fourth-order valence-corrected chi connectivity index (χ4v) is 3.99. The van der Waals surface area contributed by atoms with Crippen molar-refractivity contribution >= 4 is 37.1 Å². The summed E-state index contributed by atoms with van der Waals surface area (Å²) in [4.78, 5) is -1.15. The van der Waals surface area contributed by atoms with Gasteiger partial charge in [0.05, 0.1) is 10.6 Å². The van der Waals surface area contributed by atoms with Gasteiger partial charge in [0, 0.05) is 17.3 Å². The van der Waals surface area contributed by atoms with Gasteiger partial charge in [0.15, 0.2) is 9.84 Å². The van der Waals surface area contributed by atoms with Gasteiger partial charge < -0.3 is 0 Å². The highest BCUT2D eigenvalue weighted by atomic mass is 35.5. The normalized spacial score (nSPS) is 12.2. The highest BCUT2D eigenvalue weighted by Crippen LogP contribution is 2.28. The van der Waals surface area contributed by atoms with Crippen molar-refractivity contribution in [3.05, 3.63) is 53.1 Å². The number of rotatable bonds is 4. The van der Waals surface area contributed by atoms with E-state index in [9.17, 15) is 25.6 Å². The molecule has 10 heteroatoms. The van der Waals surface area contributed by atoms with Crippen LogP contribution in [0.5, 0.6) is 0 Å². The molecule has 0 heterocycles. The highest BCUT2D eigenvalue weighted by Gasteiger charge is 2.23. The van der Waals surface area contributed by atoms with E-state index >= 15 is 0 Å². The first kappa shape index (κ1) is 17.6. The molecule has 124 valence electrons. The minimum Gasteiger partial charge on any atom is -0.278 e. The van der Waals surface area contributed by atoms with E-state index in [-0.39, 0.29) is 15.6 Å². The molecule has 2 aromatic rings. The maximum Gasteiger partial charge on any atom is 0.264 e. The zero-order valence-electron chi connectivity index (χ0n) is 11.5. The zero-order valence-corrected chi connectivity index (χ0v) is 13.9. The Morgan fingerprint density at radius 1 is 0.957 bits per heavy atom. The van der Waals surface area contributed by atoms with Crippen molar-refractivity contribution in [1.82, 2.24) is 0 Å². The molecule has 5 nitrogen and oxygen atoms in total. The molecule has 0 aliphatic carbocycles. The van der Waals surface area contributed by atoms with E-state index < -0.39 is 36.4 Å². The van der Waals surface area contributed by atoms with Crippen LogP contribution in [0.25, 0.3) is 0 Å². The van der Waals surface area contributed by atoms with Gasteiger partial charge in [0.1, 0.15) is 16.5 Å². The second-order valence-electron chi connectivity index (χ2n) is 4.59. The van der Waals surface area contributed by atoms with Crippen LogP contribution in [-0.4, -0.2) is 23.1 Å². The zero-order chi connectivity index (χ0) is 17.4. The van der Waals surface area contributed by atoms with Gasteiger partial charge in [-0.1, -0.05) is 11.6 Å². The number of anilines is 1. The van der Waals surface area contributed by atoms with Crippen molar-refractivity contribution in [2.45, 2.75) is 9.79 Å². The van der Waals surface area contributed by atoms with Crippen molar-refractivity contribution in [2.75, 3.05) is 11.0 Å². The molecular weight excluding hydrogens is 372 g/mol. The fraction of sp³-hybridized carbons (Fsp3) is 0.0769. The summed E-state index contributed by atoms with van der Waals surface area (Å²) in [5, 5.41) is 0.0784. The van der Waals surface area contributed by atoms with Crippen molar-refractivity contribution in [2.24, 2.45) is 0 Å². The number of sulfone groups is 1. The van der Waals surface area contributed by atoms with Crippen molar-refractivity contribution in [3.8, 4) is 0 Å². The molecule has 0 aromatic heterocycles. The van der Waals surface area contributed by atoms with Gasteiger partial charge in [0.25, 0.3) is 10.0 Å². The second kappa shape index (κ2) is 6.06. The van der Waals surface area contributed by atoms with Crippen LogP contribution in [0.1, 0.15) is 0 Å². The van der Waals surface area contributed by atoms with E-state index in [1.54, 1.807) is 0 Å². The molecule has 0 saturated heterocycles. The summed E-state index contributed by atoms with van der Waals surface area (Å²) in [6.45, 7) is 0. The van der Waals surface area contributed by atoms with E-state index in [2.05, 4.69) is 0 Å². The Hall–Kier alpha value is -1.71. The predicted molar refractivity (Wildman–Crippen MR) is 81.7 cm³/mol. The second-order valence-corrected chi connectivity index (χ2v) is 8.66. The van der Waals surface area contributed by atoms with Crippen LogP contribution in [-0.2, 0) is 19.9 Å². The molecule has 0 spiro atoms. The van der Waals surface area contributed by atoms with Crippen LogP contribution in [0.2, 0.25) is 5.02 Å². The lowest BCUT2D eigenvalue weighted by atomic mass is 10.3. The minimum atomic E-state index is -4.48. The van der Waals surface area contributed by atoms with Gasteiger partial charge in [-0.3, -0.25) is 4.72 Å². The highest BCUT2D eigenvalue weighted by molar-refractivity contribution is 7.93. The van der Waals surface area contributed by atoms with Gasteiger partial charge >= 0.3 is 0 Å². The molecule has 1 N–H and O–H groups in total. The van der Waals surface area contributed by atoms with Gasteiger partial charge in [-0.25, -0.2) is 25.6 Å². The van der Waals surface area contributed by atoms with Crippen LogP contribution < -0.4 is 4.72 Å². The quantitative estimate of drug-likeness (QED) is 0.883. The Balaban J connectivity index is 2.56. The molecule has 0 amide bonds. The van der Waals surface area contributed by atoms with E-state index in [1.807, 2.05) is 4.72 Å². The van der Waals surface area contributed by atoms with Crippen LogP contribution in [0.3, 0.4) is 0 Å². The third-order valence-electron chi connectivity index (χ3n) is 2.77. The molecule has 0 bridgehead atoms. The molecule has 2 aromatic carbocycles. The van der Waals surface area contributed by atoms with Crippen molar-refractivity contribution in [1.29, 1.82) is 0 Å². The SMILES string of the molecule is CS(=O)(=O)c1ccc(Cl)cc1NS(=O)(=O)c1ccc(F)cc1F. The van der Waals surface area contributed by atoms with Crippen molar-refractivity contribution in [3.63, 3.8) is 0 Å². The smallest absolute Gasteiger partial charge is 0.264 e. The molecular formula is C13H10ClF2NO4S2. The monoisotopic (exact) mass is 381 g/mol. The number of benzene rings is 2. The van der Waals surface area contributed by atoms with E-state index in [0.717, 1.165) is 30.5 Å². The summed E-state index contributed by atoms with van der Waals surface area (Å²) in [5.74, 6) is -2.25. The third-order valence-corrected chi connectivity index (χ3v) is 5.56. The van der Waals surface area contributed by atoms with Crippen LogP contribution in [0.15, 0.2) is 46.2 Å². The molecule has 0 aliphatic rings. The number of sulfonamides is 1. The lowest BCUT2D eigenvalue weighted by Gasteiger charge is -2.12. The summed E-state index contributed by atoms with van der Waals surface area (Å²) in [5.41, 5.74) is -0.330. The Morgan fingerprint density at radius 2 is 1.57 bits per heavy atom. The Morgan fingerprint density at radius 3 is 2.13 bits per heavy atom. The molecule has 2 rings (SSSR count). The molecule has 0 radical (unpaired) electrons. The van der Waals surface area contributed by atoms with Gasteiger partial charge in [0.2, 0.25) is 0 Å². The largest absolute Gasteiger partial charge is 0.278 e. The average molecular weight is 382 g/mol. The van der Waals surface area contributed by atoms with Gasteiger partial charge in [-0.05, 0) is 30.3 Å². The topological polar surface area (TPSA) is 80.3 Å². The first-order valence-electron chi connectivity index (χ1n) is 5.98. The average Bonchev–Trinajstić information content (AvgIpc) is 2.35. The molecule has 0 aliphatic heterocycles. The molecule has 0 atom stereocenters. The van der Waals surface area contributed by atoms with Crippen LogP contribution in [0, 0.1) is 11.6 Å². The minimum absolute atomic E-state index is 0.0784. The summed E-state index contributed by atoms with van der Waals surface area (Å²) >= 11 is 5.74. The maximum absolute atomic E-state index is 13.7. The number of hydrogen-bond donors (Lipinski definition) is 1. The fourth-order valence-electron chi connectivity index (χ4n) is 1.80. The standard InChI is InChI=1S/C13H10ClF2NO4S2/c1-22(18,19)13-4-2-8(14)6-11(13)17-23(20,21)12-5-3-9(15)7-10(12)16/h2-7,17H,1H3. The van der Waals surface area contributed by atoms with E-state index in [0.29, 0.717) is 6.07 Å². The van der Waals surface area contributed by atoms with Crippen LogP contribution >= 0.6 is 11.6 Å². The number of nitrogens with one attached hydrogen (secondary N) is 1. The Labute approximate surface area is 136 Å². The Bertz CT molecular complexity index is 975. The first-order chi connectivity index (χ1) is 10.5. The predicted octanol–water partition coefficient (Wildman–Crippen LogP) is 2.82. The van der Waals surface area contributed by atoms with E-state index in [1.165, 1.54) is 6.07 Å². The lowest BCUT2D eigenvalue weighted by molar-refractivity contribution is 0.551. The van der Waals surface area contributed by atoms with E-state index in [4.69, 9.17) is 11.6 Å². The lowest BCUT2D eigenvalue weighted by Crippen LogP contribution is -2.16. The molecule has 23 heavy (non-hydrogen) atoms. The molecule has 0 saturated carbocycles. The summed E-state index contributed by atoms with van der Waals surface area (Å²) in [6.07, 6.45) is 0.881. The Kier molecular flexibility index (Phi) is 4.65. The number of halogens is 3. The maximum atomic E-state index is 13.7. The molecule has 0 unspecified atom stereocenters. The van der Waals surface area contributed by atoms with Crippen molar-refractivity contribution < 1.29 is 25.6 Å². The first-order valence-corrected chi connectivity index (χ1v) is 9.73. The van der Waals surface area contributed by atoms with Gasteiger partial charge in [-0.2, -0.15) is 0 Å². The summed E-state index contributed by atoms with van der Waals surface area (Å²) < 4.78 is 76.3. The third kappa shape index (κ3) is 3.98. The van der Waals surface area contributed by atoms with Gasteiger partial charge in [-0.15, -0.1) is 0 Å². The number of hydrogen-bond acceptors (Lipinski definition) is 4. The van der Waals surface area contributed by atoms with Crippen LogP contribution in [0.4, 0.5) is 14.5 Å². The summed E-state index contributed by atoms with van der Waals surface area (Å²) in [6, 6.07) is 5.39. The summed E-state index contributed by atoms with van der Waals surface area (Å²) in [7, 11) is -8.24.